The van der Waals surface area contributed by atoms with Gasteiger partial charge in [0, 0.05) is 37.1 Å². The molecule has 1 saturated carbocycles. The van der Waals surface area contributed by atoms with Gasteiger partial charge in [-0.1, -0.05) is 65.8 Å². The van der Waals surface area contributed by atoms with E-state index in [1.165, 1.54) is 5.56 Å². The zero-order chi connectivity index (χ0) is 22.3. The van der Waals surface area contributed by atoms with Crippen molar-refractivity contribution in [1.82, 2.24) is 9.80 Å². The minimum atomic E-state index is -0.321. The van der Waals surface area contributed by atoms with Gasteiger partial charge < -0.3 is 15.4 Å². The summed E-state index contributed by atoms with van der Waals surface area (Å²) in [5.74, 6) is 0. The molecule has 0 radical (unpaired) electrons. The van der Waals surface area contributed by atoms with Crippen LogP contribution in [-0.4, -0.2) is 54.2 Å². The number of ether oxygens (including phenoxy) is 1. The first-order chi connectivity index (χ1) is 15.7. The van der Waals surface area contributed by atoms with Gasteiger partial charge in [0.1, 0.15) is 6.10 Å². The average Bonchev–Trinajstić information content (AvgIpc) is 3.27. The van der Waals surface area contributed by atoms with Crippen LogP contribution in [0.4, 0.5) is 4.79 Å². The lowest BCUT2D eigenvalue weighted by molar-refractivity contribution is 0.0335. The van der Waals surface area contributed by atoms with Gasteiger partial charge in [-0.05, 0) is 35.9 Å². The second-order valence-corrected chi connectivity index (χ2v) is 8.44. The highest BCUT2D eigenvalue weighted by molar-refractivity contribution is 5.68. The number of nitrogens with zero attached hydrogens (tertiary/aromatic N) is 5. The van der Waals surface area contributed by atoms with Gasteiger partial charge >= 0.3 is 6.09 Å². The normalized spacial score (nSPS) is 23.2. The SMILES string of the molecule is [N-]=[N+]=NC1CCCC1OC(=O)N1CCN([C@H](c2ccccc2)[C@@H](N)c2ccccc2)CC1. The molecular formula is C24H30N6O2. The molecule has 8 nitrogen and oxygen atoms in total. The zero-order valence-electron chi connectivity index (χ0n) is 18.2. The van der Waals surface area contributed by atoms with E-state index in [9.17, 15) is 4.79 Å². The van der Waals surface area contributed by atoms with Gasteiger partial charge in [0.25, 0.3) is 0 Å². The van der Waals surface area contributed by atoms with E-state index in [1.807, 2.05) is 36.4 Å². The molecule has 1 aliphatic heterocycles. The Kier molecular flexibility index (Phi) is 7.27. The number of carbonyl (C=O) groups is 1. The summed E-state index contributed by atoms with van der Waals surface area (Å²) in [5, 5.41) is 3.78. The number of hydrogen-bond donors (Lipinski definition) is 1. The van der Waals surface area contributed by atoms with Crippen molar-refractivity contribution in [3.05, 3.63) is 82.2 Å². The summed E-state index contributed by atoms with van der Waals surface area (Å²) in [6.45, 7) is 2.56. The molecule has 0 spiro atoms. The molecule has 0 bridgehead atoms. The molecule has 168 valence electrons. The van der Waals surface area contributed by atoms with Crippen molar-refractivity contribution in [2.24, 2.45) is 10.8 Å². The molecule has 4 rings (SSSR count). The summed E-state index contributed by atoms with van der Waals surface area (Å²) >= 11 is 0. The average molecular weight is 435 g/mol. The topological polar surface area (TPSA) is 108 Å². The van der Waals surface area contributed by atoms with Crippen molar-refractivity contribution in [2.75, 3.05) is 26.2 Å². The minimum Gasteiger partial charge on any atom is -0.446 e. The molecule has 2 fully saturated rings. The molecule has 4 atom stereocenters. The van der Waals surface area contributed by atoms with Gasteiger partial charge in [-0.3, -0.25) is 4.90 Å². The van der Waals surface area contributed by atoms with Crippen LogP contribution in [0.5, 0.6) is 0 Å². The number of carbonyl (C=O) groups excluding carboxylic acids is 1. The lowest BCUT2D eigenvalue weighted by Gasteiger charge is -2.41. The fourth-order valence-corrected chi connectivity index (χ4v) is 4.78. The van der Waals surface area contributed by atoms with Crippen LogP contribution in [0.1, 0.15) is 42.5 Å². The molecule has 0 aromatic heterocycles. The summed E-state index contributed by atoms with van der Waals surface area (Å²) in [6, 6.07) is 20.0. The maximum Gasteiger partial charge on any atom is 0.410 e. The predicted octanol–water partition coefficient (Wildman–Crippen LogP) is 4.41. The Bertz CT molecular complexity index is 926. The molecule has 2 aliphatic rings. The highest BCUT2D eigenvalue weighted by Gasteiger charge is 2.34. The Labute approximate surface area is 188 Å². The zero-order valence-corrected chi connectivity index (χ0v) is 18.2. The fourth-order valence-electron chi connectivity index (χ4n) is 4.78. The molecule has 32 heavy (non-hydrogen) atoms. The van der Waals surface area contributed by atoms with E-state index < -0.39 is 0 Å². The van der Waals surface area contributed by atoms with Crippen molar-refractivity contribution in [3.63, 3.8) is 0 Å². The van der Waals surface area contributed by atoms with Crippen molar-refractivity contribution >= 4 is 6.09 Å². The lowest BCUT2D eigenvalue weighted by atomic mass is 9.92. The van der Waals surface area contributed by atoms with E-state index in [-0.39, 0.29) is 30.3 Å². The quantitative estimate of drug-likeness (QED) is 0.413. The molecule has 1 saturated heterocycles. The van der Waals surface area contributed by atoms with Crippen LogP contribution in [0.15, 0.2) is 65.8 Å². The maximum atomic E-state index is 12.7. The standard InChI is InChI=1S/C24H30N6O2/c25-22(18-8-3-1-4-9-18)23(19-10-5-2-6-11-19)29-14-16-30(17-15-29)24(31)32-21-13-7-12-20(21)27-28-26/h1-6,8-11,20-23H,7,12-17,25H2/t20?,21?,22-,23+/m0/s1. The smallest absolute Gasteiger partial charge is 0.410 e. The largest absolute Gasteiger partial charge is 0.446 e. The van der Waals surface area contributed by atoms with Crippen LogP contribution in [-0.2, 0) is 4.74 Å². The number of hydrogen-bond acceptors (Lipinski definition) is 5. The summed E-state index contributed by atoms with van der Waals surface area (Å²) in [7, 11) is 0. The van der Waals surface area contributed by atoms with Gasteiger partial charge in [-0.15, -0.1) is 0 Å². The third-order valence-electron chi connectivity index (χ3n) is 6.50. The Morgan fingerprint density at radius 2 is 1.62 bits per heavy atom. The van der Waals surface area contributed by atoms with Crippen LogP contribution in [0, 0.1) is 0 Å². The van der Waals surface area contributed by atoms with Gasteiger partial charge in [0.2, 0.25) is 0 Å². The van der Waals surface area contributed by atoms with Crippen LogP contribution in [0.3, 0.4) is 0 Å². The molecule has 2 N–H and O–H groups in total. The van der Waals surface area contributed by atoms with Crippen LogP contribution < -0.4 is 5.73 Å². The van der Waals surface area contributed by atoms with Gasteiger partial charge in [0.05, 0.1) is 12.1 Å². The number of amides is 1. The van der Waals surface area contributed by atoms with Gasteiger partial charge in [-0.25, -0.2) is 4.79 Å². The summed E-state index contributed by atoms with van der Waals surface area (Å²) in [4.78, 5) is 19.7. The van der Waals surface area contributed by atoms with Gasteiger partial charge in [0.15, 0.2) is 0 Å². The molecule has 1 amide bonds. The van der Waals surface area contributed by atoms with E-state index in [4.69, 9.17) is 16.0 Å². The molecule has 1 heterocycles. The number of nitrogens with two attached hydrogens (primary N) is 1. The van der Waals surface area contributed by atoms with Crippen LogP contribution >= 0.6 is 0 Å². The lowest BCUT2D eigenvalue weighted by Crippen LogP contribution is -2.52. The van der Waals surface area contributed by atoms with Crippen molar-refractivity contribution in [1.29, 1.82) is 0 Å². The first-order valence-corrected chi connectivity index (χ1v) is 11.3. The molecule has 1 aliphatic carbocycles. The molecule has 2 unspecified atom stereocenters. The Morgan fingerprint density at radius 1 is 1.00 bits per heavy atom. The first-order valence-electron chi connectivity index (χ1n) is 11.3. The second kappa shape index (κ2) is 10.5. The number of rotatable bonds is 6. The highest BCUT2D eigenvalue weighted by Crippen LogP contribution is 2.33. The third-order valence-corrected chi connectivity index (χ3v) is 6.50. The summed E-state index contributed by atoms with van der Waals surface area (Å²) in [5.41, 5.74) is 17.7. The van der Waals surface area contributed by atoms with Crippen LogP contribution in [0.2, 0.25) is 0 Å². The maximum absolute atomic E-state index is 12.7. The monoisotopic (exact) mass is 434 g/mol. The Hall–Kier alpha value is -3.06. The number of benzene rings is 2. The van der Waals surface area contributed by atoms with E-state index in [2.05, 4.69) is 39.2 Å². The second-order valence-electron chi connectivity index (χ2n) is 8.44. The molecule has 8 heteroatoms. The summed E-state index contributed by atoms with van der Waals surface area (Å²) in [6.07, 6.45) is 1.78. The van der Waals surface area contributed by atoms with Crippen LogP contribution in [0.25, 0.3) is 10.4 Å². The van der Waals surface area contributed by atoms with E-state index >= 15 is 0 Å². The fraction of sp³-hybridized carbons (Fsp3) is 0.458. The van der Waals surface area contributed by atoms with E-state index in [0.717, 1.165) is 24.8 Å². The van der Waals surface area contributed by atoms with Crippen molar-refractivity contribution in [3.8, 4) is 0 Å². The highest BCUT2D eigenvalue weighted by atomic mass is 16.6. The Morgan fingerprint density at radius 3 is 2.25 bits per heavy atom. The predicted molar refractivity (Wildman–Crippen MR) is 123 cm³/mol. The third kappa shape index (κ3) is 5.05. The van der Waals surface area contributed by atoms with Crippen molar-refractivity contribution in [2.45, 2.75) is 43.5 Å². The molecular weight excluding hydrogens is 404 g/mol. The molecule has 2 aromatic rings. The summed E-state index contributed by atoms with van der Waals surface area (Å²) < 4.78 is 5.69. The van der Waals surface area contributed by atoms with E-state index in [1.54, 1.807) is 4.90 Å². The molecule has 2 aromatic carbocycles. The first kappa shape index (κ1) is 22.1. The number of piperazine rings is 1. The minimum absolute atomic E-state index is 0.0148. The van der Waals surface area contributed by atoms with E-state index in [0.29, 0.717) is 26.2 Å². The number of azide groups is 1. The Balaban J connectivity index is 1.42. The van der Waals surface area contributed by atoms with Gasteiger partial charge in [-0.2, -0.15) is 0 Å². The van der Waals surface area contributed by atoms with Crippen molar-refractivity contribution < 1.29 is 9.53 Å².